The van der Waals surface area contributed by atoms with Gasteiger partial charge in [0, 0.05) is 30.5 Å². The summed E-state index contributed by atoms with van der Waals surface area (Å²) in [5.41, 5.74) is 1.25. The predicted octanol–water partition coefficient (Wildman–Crippen LogP) is 4.21. The fourth-order valence-corrected chi connectivity index (χ4v) is 5.21. The maximum absolute atomic E-state index is 13.2. The Hall–Kier alpha value is -2.30. The zero-order chi connectivity index (χ0) is 26.2. The molecule has 2 aromatic carbocycles. The zero-order valence-electron chi connectivity index (χ0n) is 20.3. The summed E-state index contributed by atoms with van der Waals surface area (Å²) in [6, 6.07) is 11.5. The summed E-state index contributed by atoms with van der Waals surface area (Å²) < 4.78 is 32.1. The topological polar surface area (TPSA) is 96.0 Å². The summed E-state index contributed by atoms with van der Waals surface area (Å²) >= 11 is 9.61. The maximum atomic E-state index is 13.2. The number of hydrogen-bond acceptors (Lipinski definition) is 5. The molecular formula is C24H31BrClN3O5S. The normalized spacial score (nSPS) is 12.1. The molecule has 0 aromatic heterocycles. The van der Waals surface area contributed by atoms with Gasteiger partial charge in [0.25, 0.3) is 0 Å². The Kier molecular flexibility index (Phi) is 10.9. The number of carbonyl (C=O) groups excluding carboxylic acids is 2. The van der Waals surface area contributed by atoms with Crippen LogP contribution in [0.4, 0.5) is 5.69 Å². The smallest absolute Gasteiger partial charge is 0.242 e. The van der Waals surface area contributed by atoms with Gasteiger partial charge in [0.15, 0.2) is 0 Å². The number of hydrogen-bond donors (Lipinski definition) is 1. The minimum absolute atomic E-state index is 0.0631. The number of rotatable bonds is 12. The van der Waals surface area contributed by atoms with E-state index in [2.05, 4.69) is 21.2 Å². The summed E-state index contributed by atoms with van der Waals surface area (Å²) in [6.45, 7) is 4.28. The predicted molar refractivity (Wildman–Crippen MR) is 142 cm³/mol. The lowest BCUT2D eigenvalue weighted by Gasteiger charge is -2.29. The number of nitrogens with one attached hydrogen (secondary N) is 1. The first-order valence-corrected chi connectivity index (χ1v) is 14.1. The number of benzene rings is 2. The molecule has 192 valence electrons. The molecule has 0 fully saturated rings. The van der Waals surface area contributed by atoms with Gasteiger partial charge in [-0.05, 0) is 56.2 Å². The van der Waals surface area contributed by atoms with Gasteiger partial charge >= 0.3 is 0 Å². The molecule has 0 spiro atoms. The van der Waals surface area contributed by atoms with E-state index in [4.69, 9.17) is 16.3 Å². The molecule has 0 aliphatic carbocycles. The number of carbonyl (C=O) groups is 2. The van der Waals surface area contributed by atoms with E-state index < -0.39 is 16.1 Å². The third-order valence-corrected chi connectivity index (χ3v) is 7.32. The Morgan fingerprint density at radius 3 is 2.49 bits per heavy atom. The lowest BCUT2D eigenvalue weighted by Crippen LogP contribution is -2.47. The molecule has 0 unspecified atom stereocenters. The molecule has 0 saturated carbocycles. The van der Waals surface area contributed by atoms with Crippen molar-refractivity contribution in [2.75, 3.05) is 30.8 Å². The summed E-state index contributed by atoms with van der Waals surface area (Å²) in [6.07, 6.45) is 1.42. The van der Waals surface area contributed by atoms with Crippen LogP contribution in [0.15, 0.2) is 46.9 Å². The average Bonchev–Trinajstić information content (AvgIpc) is 2.79. The number of likely N-dealkylation sites (N-methyl/N-ethyl adjacent to an activating group) is 1. The molecule has 0 radical (unpaired) electrons. The minimum Gasteiger partial charge on any atom is -0.495 e. The summed E-state index contributed by atoms with van der Waals surface area (Å²) in [4.78, 5) is 27.2. The van der Waals surface area contributed by atoms with Gasteiger partial charge in [-0.2, -0.15) is 0 Å². The number of halogens is 2. The molecule has 0 saturated heterocycles. The monoisotopic (exact) mass is 587 g/mol. The molecule has 1 atom stereocenters. The maximum Gasteiger partial charge on any atom is 0.242 e. The van der Waals surface area contributed by atoms with Gasteiger partial charge in [-0.3, -0.25) is 13.9 Å². The van der Waals surface area contributed by atoms with Gasteiger partial charge in [-0.25, -0.2) is 8.42 Å². The Morgan fingerprint density at radius 2 is 1.91 bits per heavy atom. The third-order valence-electron chi connectivity index (χ3n) is 5.34. The zero-order valence-corrected chi connectivity index (χ0v) is 23.4. The van der Waals surface area contributed by atoms with Crippen molar-refractivity contribution in [3.63, 3.8) is 0 Å². The van der Waals surface area contributed by atoms with Crippen molar-refractivity contribution in [2.24, 2.45) is 0 Å². The largest absolute Gasteiger partial charge is 0.495 e. The van der Waals surface area contributed by atoms with E-state index in [0.29, 0.717) is 18.0 Å². The number of anilines is 1. The van der Waals surface area contributed by atoms with Gasteiger partial charge in [-0.1, -0.05) is 39.7 Å². The highest BCUT2D eigenvalue weighted by Gasteiger charge is 2.26. The second-order valence-corrected chi connectivity index (χ2v) is 11.2. The first kappa shape index (κ1) is 28.9. The second-order valence-electron chi connectivity index (χ2n) is 7.98. The molecular weight excluding hydrogens is 558 g/mol. The fourth-order valence-electron chi connectivity index (χ4n) is 3.55. The number of ether oxygens (including phenoxy) is 1. The number of methoxy groups -OCH3 is 1. The molecule has 0 aliphatic rings. The Balaban J connectivity index is 2.18. The Bertz CT molecular complexity index is 1150. The van der Waals surface area contributed by atoms with E-state index in [1.807, 2.05) is 31.2 Å². The van der Waals surface area contributed by atoms with Crippen molar-refractivity contribution in [1.82, 2.24) is 10.2 Å². The van der Waals surface area contributed by atoms with Crippen LogP contribution < -0.4 is 14.4 Å². The number of amides is 2. The summed E-state index contributed by atoms with van der Waals surface area (Å²) in [5.74, 6) is -0.0620. The van der Waals surface area contributed by atoms with Gasteiger partial charge in [0.1, 0.15) is 11.8 Å². The van der Waals surface area contributed by atoms with E-state index in [1.165, 1.54) is 22.4 Å². The van der Waals surface area contributed by atoms with Crippen LogP contribution in [0.5, 0.6) is 5.75 Å². The van der Waals surface area contributed by atoms with Crippen molar-refractivity contribution >= 4 is 55.1 Å². The fraction of sp³-hybridized carbons (Fsp3) is 0.417. The van der Waals surface area contributed by atoms with Crippen LogP contribution >= 0.6 is 27.5 Å². The molecule has 2 amide bonds. The van der Waals surface area contributed by atoms with Crippen LogP contribution in [-0.4, -0.2) is 57.6 Å². The summed E-state index contributed by atoms with van der Waals surface area (Å²) in [7, 11) is -2.15. The quantitative estimate of drug-likeness (QED) is 0.401. The van der Waals surface area contributed by atoms with Gasteiger partial charge < -0.3 is 15.0 Å². The van der Waals surface area contributed by atoms with Crippen LogP contribution in [0.2, 0.25) is 5.02 Å². The SMILES string of the molecule is CCNC(=O)[C@H](C)N(Cc1cccc(Br)c1)C(=O)CCCN(c1ccc(OC)c(Cl)c1)S(C)(=O)=O. The number of sulfonamides is 1. The lowest BCUT2D eigenvalue weighted by atomic mass is 10.1. The Labute approximate surface area is 220 Å². The van der Waals surface area contributed by atoms with Crippen LogP contribution in [0, 0.1) is 0 Å². The van der Waals surface area contributed by atoms with Crippen LogP contribution in [0.1, 0.15) is 32.3 Å². The van der Waals surface area contributed by atoms with Crippen molar-refractivity contribution < 1.29 is 22.7 Å². The summed E-state index contributed by atoms with van der Waals surface area (Å²) in [5, 5.41) is 3.04. The lowest BCUT2D eigenvalue weighted by molar-refractivity contribution is -0.140. The van der Waals surface area contributed by atoms with E-state index in [0.717, 1.165) is 16.3 Å². The van der Waals surface area contributed by atoms with E-state index in [-0.39, 0.29) is 42.8 Å². The highest BCUT2D eigenvalue weighted by molar-refractivity contribution is 9.10. The molecule has 0 aliphatic heterocycles. The Morgan fingerprint density at radius 1 is 1.20 bits per heavy atom. The highest BCUT2D eigenvalue weighted by atomic mass is 79.9. The van der Waals surface area contributed by atoms with E-state index in [1.54, 1.807) is 19.1 Å². The van der Waals surface area contributed by atoms with Gasteiger partial charge in [-0.15, -0.1) is 0 Å². The van der Waals surface area contributed by atoms with E-state index in [9.17, 15) is 18.0 Å². The molecule has 2 aromatic rings. The molecule has 8 nitrogen and oxygen atoms in total. The molecule has 0 bridgehead atoms. The van der Waals surface area contributed by atoms with Crippen molar-refractivity contribution in [3.05, 3.63) is 57.5 Å². The van der Waals surface area contributed by atoms with Crippen molar-refractivity contribution in [2.45, 2.75) is 39.3 Å². The molecule has 2 rings (SSSR count). The molecule has 0 heterocycles. The van der Waals surface area contributed by atoms with E-state index >= 15 is 0 Å². The first-order chi connectivity index (χ1) is 16.5. The van der Waals surface area contributed by atoms with Gasteiger partial charge in [0.05, 0.1) is 24.1 Å². The average molecular weight is 589 g/mol. The van der Waals surface area contributed by atoms with Gasteiger partial charge in [0.2, 0.25) is 21.8 Å². The standard InChI is InChI=1S/C24H31BrClN3O5S/c1-5-27-24(31)17(2)28(16-18-8-6-9-19(25)14-18)23(30)10-7-13-29(35(4,32)33)20-11-12-22(34-3)21(26)15-20/h6,8-9,11-12,14-15,17H,5,7,10,13,16H2,1-4H3,(H,27,31)/t17-/m0/s1. The minimum atomic E-state index is -3.62. The molecule has 35 heavy (non-hydrogen) atoms. The van der Waals surface area contributed by atoms with Crippen LogP contribution in [0.25, 0.3) is 0 Å². The molecule has 11 heteroatoms. The third kappa shape index (κ3) is 8.40. The highest BCUT2D eigenvalue weighted by Crippen LogP contribution is 2.30. The van der Waals surface area contributed by atoms with Crippen molar-refractivity contribution in [1.29, 1.82) is 0 Å². The molecule has 1 N–H and O–H groups in total. The number of nitrogens with zero attached hydrogens (tertiary/aromatic N) is 2. The van der Waals surface area contributed by atoms with Crippen LogP contribution in [-0.2, 0) is 26.2 Å². The second kappa shape index (κ2) is 13.1. The van der Waals surface area contributed by atoms with Crippen molar-refractivity contribution in [3.8, 4) is 5.75 Å². The first-order valence-electron chi connectivity index (χ1n) is 11.1. The van der Waals surface area contributed by atoms with Crippen LogP contribution in [0.3, 0.4) is 0 Å².